The molecule has 1 aromatic rings. The lowest BCUT2D eigenvalue weighted by Crippen LogP contribution is -2.07. The van der Waals surface area contributed by atoms with Crippen LogP contribution in [0.5, 0.6) is 0 Å². The Morgan fingerprint density at radius 1 is 1.42 bits per heavy atom. The molecule has 0 aliphatic heterocycles. The minimum atomic E-state index is -0.277. The van der Waals surface area contributed by atoms with E-state index in [2.05, 4.69) is 20.1 Å². The van der Waals surface area contributed by atoms with Crippen LogP contribution in [0.3, 0.4) is 0 Å². The van der Waals surface area contributed by atoms with E-state index in [1.54, 1.807) is 6.92 Å². The SMILES string of the molecule is CC(C(=O)OBr)c1ccccc1. The topological polar surface area (TPSA) is 26.3 Å². The Kier molecular flexibility index (Phi) is 3.29. The first-order valence-electron chi connectivity index (χ1n) is 3.63. The zero-order chi connectivity index (χ0) is 8.97. The van der Waals surface area contributed by atoms with Gasteiger partial charge >= 0.3 is 5.97 Å². The van der Waals surface area contributed by atoms with Gasteiger partial charge in [-0.2, -0.15) is 0 Å². The van der Waals surface area contributed by atoms with Crippen molar-refractivity contribution in [3.05, 3.63) is 35.9 Å². The van der Waals surface area contributed by atoms with Crippen LogP contribution in [0, 0.1) is 0 Å². The van der Waals surface area contributed by atoms with Crippen molar-refractivity contribution < 1.29 is 8.62 Å². The van der Waals surface area contributed by atoms with Crippen molar-refractivity contribution in [1.29, 1.82) is 0 Å². The lowest BCUT2D eigenvalue weighted by molar-refractivity contribution is -0.133. The van der Waals surface area contributed by atoms with Crippen LogP contribution in [0.2, 0.25) is 0 Å². The number of carbonyl (C=O) groups is 1. The maximum Gasteiger partial charge on any atom is 0.324 e. The normalized spacial score (nSPS) is 12.2. The Hall–Kier alpha value is -0.830. The van der Waals surface area contributed by atoms with E-state index >= 15 is 0 Å². The maximum absolute atomic E-state index is 11.0. The van der Waals surface area contributed by atoms with E-state index in [-0.39, 0.29) is 11.9 Å². The third-order valence-electron chi connectivity index (χ3n) is 1.73. The Balaban J connectivity index is 2.78. The van der Waals surface area contributed by atoms with Gasteiger partial charge in [0.2, 0.25) is 0 Å². The number of benzene rings is 1. The van der Waals surface area contributed by atoms with E-state index in [0.717, 1.165) is 5.56 Å². The van der Waals surface area contributed by atoms with E-state index in [0.29, 0.717) is 0 Å². The molecule has 0 bridgehead atoms. The highest BCUT2D eigenvalue weighted by Gasteiger charge is 2.15. The minimum absolute atomic E-state index is 0.217. The quantitative estimate of drug-likeness (QED) is 0.779. The standard InChI is InChI=1S/C9H9BrO2/c1-7(9(11)12-10)8-5-3-2-4-6-8/h2-7H,1H3. The molecule has 0 aliphatic rings. The van der Waals surface area contributed by atoms with Crippen molar-refractivity contribution in [2.45, 2.75) is 12.8 Å². The highest BCUT2D eigenvalue weighted by atomic mass is 79.9. The smallest absolute Gasteiger partial charge is 0.324 e. The third-order valence-corrected chi connectivity index (χ3v) is 2.05. The second-order valence-corrected chi connectivity index (χ2v) is 2.85. The second kappa shape index (κ2) is 4.26. The fourth-order valence-corrected chi connectivity index (χ4v) is 1.22. The molecular weight excluding hydrogens is 220 g/mol. The van der Waals surface area contributed by atoms with E-state index in [1.165, 1.54) is 0 Å². The molecule has 1 rings (SSSR count). The summed E-state index contributed by atoms with van der Waals surface area (Å²) < 4.78 is 4.44. The van der Waals surface area contributed by atoms with Gasteiger partial charge in [0.15, 0.2) is 16.3 Å². The van der Waals surface area contributed by atoms with Crippen molar-refractivity contribution in [2.75, 3.05) is 0 Å². The molecule has 0 fully saturated rings. The van der Waals surface area contributed by atoms with Crippen LogP contribution >= 0.6 is 16.3 Å². The van der Waals surface area contributed by atoms with E-state index in [9.17, 15) is 4.79 Å². The van der Waals surface area contributed by atoms with Crippen LogP contribution in [0.25, 0.3) is 0 Å². The molecule has 1 atom stereocenters. The van der Waals surface area contributed by atoms with Crippen LogP contribution < -0.4 is 0 Å². The lowest BCUT2D eigenvalue weighted by Gasteiger charge is -2.06. The molecule has 64 valence electrons. The molecule has 0 aromatic heterocycles. The molecule has 0 spiro atoms. The molecule has 1 unspecified atom stereocenters. The summed E-state index contributed by atoms with van der Waals surface area (Å²) in [6, 6.07) is 9.50. The Morgan fingerprint density at radius 2 is 2.00 bits per heavy atom. The zero-order valence-electron chi connectivity index (χ0n) is 6.66. The molecule has 0 saturated carbocycles. The average molecular weight is 229 g/mol. The second-order valence-electron chi connectivity index (χ2n) is 2.53. The molecule has 0 radical (unpaired) electrons. The third kappa shape index (κ3) is 2.08. The fourth-order valence-electron chi connectivity index (χ4n) is 0.945. The molecule has 0 saturated heterocycles. The van der Waals surface area contributed by atoms with Gasteiger partial charge in [0.05, 0.1) is 5.92 Å². The van der Waals surface area contributed by atoms with Crippen molar-refractivity contribution in [2.24, 2.45) is 0 Å². The summed E-state index contributed by atoms with van der Waals surface area (Å²) in [5, 5.41) is 0. The average Bonchev–Trinajstić information content (AvgIpc) is 2.17. The fraction of sp³-hybridized carbons (Fsp3) is 0.222. The Bertz CT molecular complexity index is 258. The van der Waals surface area contributed by atoms with Crippen LogP contribution in [0.15, 0.2) is 30.3 Å². The molecule has 3 heteroatoms. The molecule has 0 heterocycles. The van der Waals surface area contributed by atoms with Gasteiger partial charge in [-0.3, -0.25) is 4.79 Å². The molecule has 2 nitrogen and oxygen atoms in total. The molecule has 0 N–H and O–H groups in total. The van der Waals surface area contributed by atoms with Crippen molar-refractivity contribution in [3.8, 4) is 0 Å². The number of halogens is 1. The first kappa shape index (κ1) is 9.26. The molecule has 0 amide bonds. The highest BCUT2D eigenvalue weighted by Crippen LogP contribution is 2.16. The first-order chi connectivity index (χ1) is 5.75. The summed E-state index contributed by atoms with van der Waals surface area (Å²) in [5.74, 6) is -0.494. The monoisotopic (exact) mass is 228 g/mol. The summed E-state index contributed by atoms with van der Waals surface area (Å²) in [7, 11) is 0. The number of carbonyl (C=O) groups excluding carboxylic acids is 1. The van der Waals surface area contributed by atoms with Crippen molar-refractivity contribution >= 4 is 22.2 Å². The largest absolute Gasteiger partial charge is 0.383 e. The Labute approximate surface area is 80.0 Å². The van der Waals surface area contributed by atoms with Crippen LogP contribution in [0.4, 0.5) is 0 Å². The Morgan fingerprint density at radius 3 is 2.50 bits per heavy atom. The van der Waals surface area contributed by atoms with E-state index in [4.69, 9.17) is 0 Å². The van der Waals surface area contributed by atoms with Gasteiger partial charge in [-0.1, -0.05) is 30.3 Å². The van der Waals surface area contributed by atoms with Crippen LogP contribution in [0.1, 0.15) is 18.4 Å². The van der Waals surface area contributed by atoms with Crippen molar-refractivity contribution in [3.63, 3.8) is 0 Å². The summed E-state index contributed by atoms with van der Waals surface area (Å²) in [5.41, 5.74) is 0.960. The number of rotatable bonds is 2. The zero-order valence-corrected chi connectivity index (χ0v) is 8.24. The highest BCUT2D eigenvalue weighted by molar-refractivity contribution is 9.06. The van der Waals surface area contributed by atoms with Gasteiger partial charge in [0.1, 0.15) is 0 Å². The van der Waals surface area contributed by atoms with Crippen molar-refractivity contribution in [1.82, 2.24) is 0 Å². The molecule has 12 heavy (non-hydrogen) atoms. The van der Waals surface area contributed by atoms with Gasteiger partial charge in [-0.15, -0.1) is 0 Å². The van der Waals surface area contributed by atoms with Crippen LogP contribution in [-0.2, 0) is 8.62 Å². The van der Waals surface area contributed by atoms with Gasteiger partial charge in [0, 0.05) is 0 Å². The van der Waals surface area contributed by atoms with Gasteiger partial charge in [-0.05, 0) is 12.5 Å². The summed E-state index contributed by atoms with van der Waals surface area (Å²) in [6.45, 7) is 1.80. The molecule has 0 aliphatic carbocycles. The van der Waals surface area contributed by atoms with Gasteiger partial charge in [0.25, 0.3) is 0 Å². The minimum Gasteiger partial charge on any atom is -0.383 e. The summed E-state index contributed by atoms with van der Waals surface area (Å²) >= 11 is 2.66. The molecule has 1 aromatic carbocycles. The number of hydrogen-bond donors (Lipinski definition) is 0. The number of hydrogen-bond acceptors (Lipinski definition) is 2. The summed E-state index contributed by atoms with van der Waals surface area (Å²) in [4.78, 5) is 11.0. The predicted molar refractivity (Wildman–Crippen MR) is 49.9 cm³/mol. The predicted octanol–water partition coefficient (Wildman–Crippen LogP) is 2.64. The van der Waals surface area contributed by atoms with E-state index in [1.807, 2.05) is 30.3 Å². The first-order valence-corrected chi connectivity index (χ1v) is 4.28. The summed E-state index contributed by atoms with van der Waals surface area (Å²) in [6.07, 6.45) is 0. The van der Waals surface area contributed by atoms with E-state index < -0.39 is 0 Å². The van der Waals surface area contributed by atoms with Gasteiger partial charge < -0.3 is 3.83 Å². The maximum atomic E-state index is 11.0. The lowest BCUT2D eigenvalue weighted by atomic mass is 10.0. The van der Waals surface area contributed by atoms with Crippen LogP contribution in [-0.4, -0.2) is 5.97 Å². The van der Waals surface area contributed by atoms with Gasteiger partial charge in [-0.25, -0.2) is 0 Å². The molecular formula is C9H9BrO2.